The first kappa shape index (κ1) is 28.5. The monoisotopic (exact) mass is 589 g/mol. The number of rotatable bonds is 8. The van der Waals surface area contributed by atoms with E-state index in [4.69, 9.17) is 14.7 Å². The van der Waals surface area contributed by atoms with Crippen molar-refractivity contribution in [1.29, 1.82) is 0 Å². The zero-order valence-corrected chi connectivity index (χ0v) is 25.7. The zero-order valence-electron chi connectivity index (χ0n) is 24.8. The smallest absolute Gasteiger partial charge is 0.231 e. The van der Waals surface area contributed by atoms with E-state index in [2.05, 4.69) is 54.6 Å². The molecule has 0 amide bonds. The number of hydrogen-bond acceptors (Lipinski definition) is 10. The molecule has 2 fully saturated rings. The normalized spacial score (nSPS) is 17.5. The van der Waals surface area contributed by atoms with Crippen LogP contribution in [-0.2, 0) is 4.57 Å². The number of hydrazine groups is 1. The van der Waals surface area contributed by atoms with Crippen molar-refractivity contribution in [1.82, 2.24) is 29.9 Å². The number of H-pyrrole nitrogens is 1. The number of piperazine rings is 2. The van der Waals surface area contributed by atoms with Gasteiger partial charge in [-0.15, -0.1) is 0 Å². The van der Waals surface area contributed by atoms with Crippen LogP contribution in [0.2, 0.25) is 0 Å². The minimum Gasteiger partial charge on any atom is -0.494 e. The SMILES string of the molecule is COc1cc(N2CCN(N3CCN(C)CC3)CC2)ccc1Nc1nc(Nc2ccccc2P(C)(C)=O)c2cc[nH]c2n1. The summed E-state index contributed by atoms with van der Waals surface area (Å²) in [4.78, 5) is 17.5. The lowest BCUT2D eigenvalue weighted by molar-refractivity contribution is -0.0564. The quantitative estimate of drug-likeness (QED) is 0.262. The summed E-state index contributed by atoms with van der Waals surface area (Å²) in [5.74, 6) is 1.77. The van der Waals surface area contributed by atoms with Gasteiger partial charge in [0.05, 0.1) is 23.9 Å². The number of anilines is 5. The molecule has 0 unspecified atom stereocenters. The predicted octanol–water partition coefficient (Wildman–Crippen LogP) is 3.99. The summed E-state index contributed by atoms with van der Waals surface area (Å²) in [6.07, 6.45) is 1.84. The third-order valence-electron chi connectivity index (χ3n) is 8.09. The highest BCUT2D eigenvalue weighted by Crippen LogP contribution is 2.39. The number of benzene rings is 2. The van der Waals surface area contributed by atoms with Gasteiger partial charge in [-0.05, 0) is 50.7 Å². The lowest BCUT2D eigenvalue weighted by Crippen LogP contribution is -2.58. The van der Waals surface area contributed by atoms with Crippen molar-refractivity contribution in [2.45, 2.75) is 0 Å². The molecule has 2 aliphatic heterocycles. The largest absolute Gasteiger partial charge is 0.494 e. The van der Waals surface area contributed by atoms with Crippen LogP contribution in [-0.4, -0.2) is 110 Å². The molecule has 4 aromatic rings. The molecule has 0 spiro atoms. The first-order valence-corrected chi connectivity index (χ1v) is 17.0. The van der Waals surface area contributed by atoms with Crippen molar-refractivity contribution in [3.63, 3.8) is 0 Å². The van der Waals surface area contributed by atoms with Gasteiger partial charge in [-0.2, -0.15) is 9.97 Å². The van der Waals surface area contributed by atoms with Gasteiger partial charge in [0, 0.05) is 75.6 Å². The number of ether oxygens (including phenoxy) is 1. The number of nitrogens with one attached hydrogen (secondary N) is 3. The van der Waals surface area contributed by atoms with E-state index in [0.29, 0.717) is 17.4 Å². The Morgan fingerprint density at radius 2 is 1.57 bits per heavy atom. The molecule has 222 valence electrons. The van der Waals surface area contributed by atoms with Crippen molar-refractivity contribution in [3.05, 3.63) is 54.7 Å². The molecule has 12 heteroatoms. The molecule has 2 aromatic heterocycles. The number of hydrogen-bond donors (Lipinski definition) is 3. The molecule has 4 heterocycles. The van der Waals surface area contributed by atoms with Crippen LogP contribution in [0.1, 0.15) is 0 Å². The second-order valence-electron chi connectivity index (χ2n) is 11.3. The van der Waals surface area contributed by atoms with Crippen LogP contribution < -0.4 is 25.6 Å². The second kappa shape index (κ2) is 11.9. The molecule has 0 bridgehead atoms. The van der Waals surface area contributed by atoms with Gasteiger partial charge in [-0.25, -0.2) is 10.0 Å². The van der Waals surface area contributed by atoms with Gasteiger partial charge in [0.1, 0.15) is 24.4 Å². The molecule has 11 nitrogen and oxygen atoms in total. The molecule has 2 aromatic carbocycles. The Bertz CT molecular complexity index is 1590. The van der Waals surface area contributed by atoms with Gasteiger partial charge in [0.15, 0.2) is 0 Å². The fourth-order valence-electron chi connectivity index (χ4n) is 5.68. The van der Waals surface area contributed by atoms with Gasteiger partial charge >= 0.3 is 0 Å². The Balaban J connectivity index is 1.19. The Morgan fingerprint density at radius 3 is 2.29 bits per heavy atom. The third-order valence-corrected chi connectivity index (χ3v) is 9.64. The Hall–Kier alpha value is -3.63. The minimum atomic E-state index is -2.50. The number of para-hydroxylation sites is 1. The number of nitrogens with zero attached hydrogens (tertiary/aromatic N) is 6. The topological polar surface area (TPSA) is 105 Å². The second-order valence-corrected chi connectivity index (χ2v) is 14.5. The van der Waals surface area contributed by atoms with Gasteiger partial charge in [0.2, 0.25) is 5.95 Å². The van der Waals surface area contributed by atoms with E-state index in [9.17, 15) is 4.57 Å². The van der Waals surface area contributed by atoms with Gasteiger partial charge < -0.3 is 34.7 Å². The molecular weight excluding hydrogens is 549 g/mol. The summed E-state index contributed by atoms with van der Waals surface area (Å²) in [6.45, 7) is 12.0. The van der Waals surface area contributed by atoms with Crippen LogP contribution >= 0.6 is 7.14 Å². The van der Waals surface area contributed by atoms with Crippen LogP contribution in [0.3, 0.4) is 0 Å². The zero-order chi connectivity index (χ0) is 29.3. The number of likely N-dealkylation sites (N-methyl/N-ethyl adjacent to an activating group) is 1. The fraction of sp³-hybridized carbons (Fsp3) is 0.400. The molecule has 0 radical (unpaired) electrons. The van der Waals surface area contributed by atoms with E-state index in [1.54, 1.807) is 20.4 Å². The molecule has 0 saturated carbocycles. The summed E-state index contributed by atoms with van der Waals surface area (Å²) >= 11 is 0. The molecule has 2 saturated heterocycles. The maximum atomic E-state index is 12.9. The summed E-state index contributed by atoms with van der Waals surface area (Å²) < 4.78 is 18.8. The highest BCUT2D eigenvalue weighted by Gasteiger charge is 2.25. The Labute approximate surface area is 247 Å². The van der Waals surface area contributed by atoms with E-state index < -0.39 is 7.14 Å². The van der Waals surface area contributed by atoms with E-state index in [-0.39, 0.29) is 0 Å². The lowest BCUT2D eigenvalue weighted by Gasteiger charge is -2.44. The summed E-state index contributed by atoms with van der Waals surface area (Å²) in [5.41, 5.74) is 3.38. The summed E-state index contributed by atoms with van der Waals surface area (Å²) in [7, 11) is 1.37. The van der Waals surface area contributed by atoms with E-state index >= 15 is 0 Å². The molecule has 6 rings (SSSR count). The van der Waals surface area contributed by atoms with Gasteiger partial charge in [-0.3, -0.25) is 0 Å². The van der Waals surface area contributed by atoms with Crippen LogP contribution in [0.5, 0.6) is 5.75 Å². The number of aromatic nitrogens is 3. The van der Waals surface area contributed by atoms with Crippen molar-refractivity contribution < 1.29 is 9.30 Å². The maximum Gasteiger partial charge on any atom is 0.231 e. The first-order chi connectivity index (χ1) is 20.3. The highest BCUT2D eigenvalue weighted by molar-refractivity contribution is 7.70. The van der Waals surface area contributed by atoms with Crippen molar-refractivity contribution in [3.8, 4) is 5.75 Å². The molecule has 42 heavy (non-hydrogen) atoms. The average molecular weight is 590 g/mol. The van der Waals surface area contributed by atoms with Crippen molar-refractivity contribution in [2.24, 2.45) is 0 Å². The van der Waals surface area contributed by atoms with E-state index in [1.807, 2.05) is 42.6 Å². The Kier molecular flexibility index (Phi) is 8.09. The molecular formula is C30H40N9O2P. The maximum absolute atomic E-state index is 12.9. The average Bonchev–Trinajstić information content (AvgIpc) is 3.47. The number of aromatic amines is 1. The number of methoxy groups -OCH3 is 1. The number of fused-ring (bicyclic) bond motifs is 1. The molecule has 0 atom stereocenters. The summed E-state index contributed by atoms with van der Waals surface area (Å²) in [6, 6.07) is 15.8. The van der Waals surface area contributed by atoms with Crippen LogP contribution in [0.25, 0.3) is 11.0 Å². The van der Waals surface area contributed by atoms with Gasteiger partial charge in [-0.1, -0.05) is 12.1 Å². The predicted molar refractivity (Wildman–Crippen MR) is 172 cm³/mol. The van der Waals surface area contributed by atoms with Gasteiger partial charge in [0.25, 0.3) is 0 Å². The lowest BCUT2D eigenvalue weighted by atomic mass is 10.2. The fourth-order valence-corrected chi connectivity index (χ4v) is 6.84. The molecule has 0 aliphatic carbocycles. The standard InChI is InChI=1S/C30H40N9O2P/c1-36-13-17-38(18-14-36)39-19-15-37(16-20-39)22-9-10-24(26(21-22)41-2)33-30-34-28-23(11-12-31-28)29(35-30)32-25-7-5-6-8-27(25)42(3,4)40/h5-12,21H,13-20H2,1-4H3,(H3,31,32,33,34,35). The van der Waals surface area contributed by atoms with Crippen LogP contribution in [0, 0.1) is 0 Å². The first-order valence-electron chi connectivity index (χ1n) is 14.4. The van der Waals surface area contributed by atoms with E-state index in [1.165, 1.54) is 0 Å². The van der Waals surface area contributed by atoms with Crippen molar-refractivity contribution in [2.75, 3.05) is 95.4 Å². The van der Waals surface area contributed by atoms with E-state index in [0.717, 1.165) is 85.9 Å². The van der Waals surface area contributed by atoms with Crippen molar-refractivity contribution >= 4 is 52.3 Å². The molecule has 3 N–H and O–H groups in total. The third kappa shape index (κ3) is 6.10. The van der Waals surface area contributed by atoms with Crippen LogP contribution in [0.15, 0.2) is 54.7 Å². The Morgan fingerprint density at radius 1 is 0.857 bits per heavy atom. The highest BCUT2D eigenvalue weighted by atomic mass is 31.2. The molecule has 2 aliphatic rings. The summed E-state index contributed by atoms with van der Waals surface area (Å²) in [5, 5.41) is 13.4. The minimum absolute atomic E-state index is 0.424. The van der Waals surface area contributed by atoms with Crippen LogP contribution in [0.4, 0.5) is 28.8 Å².